The molecule has 0 aliphatic rings. The Balaban J connectivity index is 2.05. The minimum atomic E-state index is 0.363. The lowest BCUT2D eigenvalue weighted by atomic mass is 10.2. The van der Waals surface area contributed by atoms with Crippen molar-refractivity contribution in [3.8, 4) is 0 Å². The van der Waals surface area contributed by atoms with E-state index in [9.17, 15) is 4.79 Å². The molecule has 2 rings (SSSR count). The summed E-state index contributed by atoms with van der Waals surface area (Å²) < 4.78 is 0. The highest BCUT2D eigenvalue weighted by Crippen LogP contribution is 2.07. The Morgan fingerprint density at radius 3 is 2.14 bits per heavy atom. The number of aliphatic imine (C=N–C) groups is 1. The molecule has 0 saturated carbocycles. The zero-order valence-corrected chi connectivity index (χ0v) is 17.0. The molecule has 0 aliphatic carbocycles. The van der Waals surface area contributed by atoms with Crippen LogP contribution < -0.4 is 0 Å². The SMILES string of the molecule is C=C/C=C\C(CN(CC=O)CCN(Cc1ccccn1)Cc1ccccn1)=NC. The maximum Gasteiger partial charge on any atom is 0.133 e. The lowest BCUT2D eigenvalue weighted by molar-refractivity contribution is -0.108. The zero-order valence-electron chi connectivity index (χ0n) is 17.0. The summed E-state index contributed by atoms with van der Waals surface area (Å²) in [6.45, 7) is 7.62. The lowest BCUT2D eigenvalue weighted by Gasteiger charge is -2.26. The number of carbonyl (C=O) groups is 1. The first kappa shape index (κ1) is 22.3. The topological polar surface area (TPSA) is 61.7 Å². The van der Waals surface area contributed by atoms with Gasteiger partial charge in [-0.2, -0.15) is 0 Å². The van der Waals surface area contributed by atoms with Gasteiger partial charge in [0.15, 0.2) is 0 Å². The molecule has 6 heteroatoms. The number of hydrogen-bond donors (Lipinski definition) is 0. The van der Waals surface area contributed by atoms with Crippen LogP contribution in [0.15, 0.2) is 78.6 Å². The number of carbonyl (C=O) groups excluding carboxylic acids is 1. The van der Waals surface area contributed by atoms with Crippen LogP contribution in [0, 0.1) is 0 Å². The fourth-order valence-corrected chi connectivity index (χ4v) is 2.88. The highest BCUT2D eigenvalue weighted by molar-refractivity contribution is 5.96. The normalized spacial score (nSPS) is 12.0. The first-order valence-corrected chi connectivity index (χ1v) is 9.68. The van der Waals surface area contributed by atoms with Crippen molar-refractivity contribution in [1.29, 1.82) is 0 Å². The molecule has 2 heterocycles. The zero-order chi connectivity index (χ0) is 20.7. The fourth-order valence-electron chi connectivity index (χ4n) is 2.88. The monoisotopic (exact) mass is 391 g/mol. The largest absolute Gasteiger partial charge is 0.302 e. The maximum atomic E-state index is 11.2. The second-order valence-electron chi connectivity index (χ2n) is 6.56. The molecule has 0 N–H and O–H groups in total. The molecular formula is C23H29N5O. The van der Waals surface area contributed by atoms with Gasteiger partial charge in [0.05, 0.1) is 17.9 Å². The number of nitrogens with zero attached hydrogens (tertiary/aromatic N) is 5. The van der Waals surface area contributed by atoms with E-state index in [1.54, 1.807) is 13.1 Å². The van der Waals surface area contributed by atoms with Crippen molar-refractivity contribution in [1.82, 2.24) is 19.8 Å². The molecule has 0 aromatic carbocycles. The van der Waals surface area contributed by atoms with Gasteiger partial charge >= 0.3 is 0 Å². The number of hydrogen-bond acceptors (Lipinski definition) is 6. The maximum absolute atomic E-state index is 11.2. The lowest BCUT2D eigenvalue weighted by Crippen LogP contribution is -2.38. The molecule has 0 unspecified atom stereocenters. The van der Waals surface area contributed by atoms with Crippen LogP contribution in [-0.4, -0.2) is 65.0 Å². The molecule has 0 amide bonds. The van der Waals surface area contributed by atoms with Crippen molar-refractivity contribution in [2.24, 2.45) is 4.99 Å². The second kappa shape index (κ2) is 13.3. The molecule has 2 aromatic heterocycles. The number of aromatic nitrogens is 2. The summed E-state index contributed by atoms with van der Waals surface area (Å²) in [4.78, 5) is 28.8. The van der Waals surface area contributed by atoms with Crippen molar-refractivity contribution in [3.05, 3.63) is 85.0 Å². The third-order valence-electron chi connectivity index (χ3n) is 4.39. The predicted molar refractivity (Wildman–Crippen MR) is 118 cm³/mol. The van der Waals surface area contributed by atoms with Crippen LogP contribution in [0.2, 0.25) is 0 Å². The molecule has 0 fully saturated rings. The van der Waals surface area contributed by atoms with Gasteiger partial charge in [0, 0.05) is 57.9 Å². The van der Waals surface area contributed by atoms with E-state index >= 15 is 0 Å². The quantitative estimate of drug-likeness (QED) is 0.298. The van der Waals surface area contributed by atoms with Crippen molar-refractivity contribution in [3.63, 3.8) is 0 Å². The number of pyridine rings is 2. The average Bonchev–Trinajstić information content (AvgIpc) is 2.76. The molecule has 6 nitrogen and oxygen atoms in total. The van der Waals surface area contributed by atoms with Crippen LogP contribution in [0.3, 0.4) is 0 Å². The van der Waals surface area contributed by atoms with E-state index in [4.69, 9.17) is 0 Å². The summed E-state index contributed by atoms with van der Waals surface area (Å²) >= 11 is 0. The van der Waals surface area contributed by atoms with Crippen LogP contribution in [0.4, 0.5) is 0 Å². The van der Waals surface area contributed by atoms with E-state index < -0.39 is 0 Å². The summed E-state index contributed by atoms with van der Waals surface area (Å²) in [5.74, 6) is 0. The molecule has 0 radical (unpaired) electrons. The summed E-state index contributed by atoms with van der Waals surface area (Å²) in [5, 5.41) is 0. The van der Waals surface area contributed by atoms with Gasteiger partial charge in [-0.05, 0) is 30.3 Å². The van der Waals surface area contributed by atoms with Crippen LogP contribution in [0.25, 0.3) is 0 Å². The molecule has 2 aromatic rings. The molecular weight excluding hydrogens is 362 g/mol. The van der Waals surface area contributed by atoms with Crippen molar-refractivity contribution in [2.45, 2.75) is 13.1 Å². The molecule has 0 atom stereocenters. The molecule has 152 valence electrons. The van der Waals surface area contributed by atoms with E-state index in [2.05, 4.69) is 31.3 Å². The van der Waals surface area contributed by atoms with Crippen molar-refractivity contribution < 1.29 is 4.79 Å². The molecule has 0 saturated heterocycles. The van der Waals surface area contributed by atoms with Crippen molar-refractivity contribution >= 4 is 12.0 Å². The highest BCUT2D eigenvalue weighted by Gasteiger charge is 2.13. The number of rotatable bonds is 13. The van der Waals surface area contributed by atoms with E-state index in [1.807, 2.05) is 60.9 Å². The molecule has 29 heavy (non-hydrogen) atoms. The minimum Gasteiger partial charge on any atom is -0.302 e. The van der Waals surface area contributed by atoms with Gasteiger partial charge in [-0.25, -0.2) is 0 Å². The van der Waals surface area contributed by atoms with Gasteiger partial charge in [-0.15, -0.1) is 0 Å². The van der Waals surface area contributed by atoms with Crippen LogP contribution in [-0.2, 0) is 17.9 Å². The third-order valence-corrected chi connectivity index (χ3v) is 4.39. The minimum absolute atomic E-state index is 0.363. The van der Waals surface area contributed by atoms with E-state index in [1.165, 1.54) is 0 Å². The third kappa shape index (κ3) is 8.72. The standard InChI is InChI=1S/C23H29N5O/c1-3-4-9-21(24-2)18-27(16-17-29)14-15-28(19-22-10-5-7-12-25-22)20-23-11-6-8-13-26-23/h3-13,17H,1,14-16,18-20H2,2H3/b9-4-,24-21?. The van der Waals surface area contributed by atoms with Gasteiger partial charge in [-0.1, -0.05) is 30.9 Å². The first-order chi connectivity index (χ1) is 14.2. The Kier molecular flexibility index (Phi) is 10.2. The van der Waals surface area contributed by atoms with Crippen LogP contribution in [0.1, 0.15) is 11.4 Å². The van der Waals surface area contributed by atoms with Gasteiger partial charge in [0.1, 0.15) is 6.29 Å². The second-order valence-corrected chi connectivity index (χ2v) is 6.56. The Morgan fingerprint density at radius 1 is 1.03 bits per heavy atom. The number of allylic oxidation sites excluding steroid dienone is 2. The van der Waals surface area contributed by atoms with Gasteiger partial charge in [0.2, 0.25) is 0 Å². The number of aldehydes is 1. The predicted octanol–water partition coefficient (Wildman–Crippen LogP) is 2.79. The van der Waals surface area contributed by atoms with Gasteiger partial charge in [0.25, 0.3) is 0 Å². The Hall–Kier alpha value is -2.96. The summed E-state index contributed by atoms with van der Waals surface area (Å²) in [6.07, 6.45) is 10.1. The first-order valence-electron chi connectivity index (χ1n) is 9.68. The molecule has 0 bridgehead atoms. The fraction of sp³-hybridized carbons (Fsp3) is 0.304. The average molecular weight is 392 g/mol. The van der Waals surface area contributed by atoms with Crippen LogP contribution >= 0.6 is 0 Å². The van der Waals surface area contributed by atoms with E-state index in [0.29, 0.717) is 13.1 Å². The summed E-state index contributed by atoms with van der Waals surface area (Å²) in [6, 6.07) is 11.9. The summed E-state index contributed by atoms with van der Waals surface area (Å²) in [5.41, 5.74) is 2.93. The Labute approximate surface area is 173 Å². The van der Waals surface area contributed by atoms with E-state index in [0.717, 1.165) is 49.6 Å². The summed E-state index contributed by atoms with van der Waals surface area (Å²) in [7, 11) is 1.76. The van der Waals surface area contributed by atoms with Crippen molar-refractivity contribution in [2.75, 3.05) is 33.2 Å². The molecule has 0 aliphatic heterocycles. The smallest absolute Gasteiger partial charge is 0.133 e. The molecule has 0 spiro atoms. The Bertz CT molecular complexity index is 748. The Morgan fingerprint density at radius 2 is 1.66 bits per heavy atom. The highest BCUT2D eigenvalue weighted by atomic mass is 16.1. The van der Waals surface area contributed by atoms with E-state index in [-0.39, 0.29) is 0 Å². The van der Waals surface area contributed by atoms with Gasteiger partial charge < -0.3 is 4.79 Å². The van der Waals surface area contributed by atoms with Crippen LogP contribution in [0.5, 0.6) is 0 Å². The van der Waals surface area contributed by atoms with Gasteiger partial charge in [-0.3, -0.25) is 24.8 Å².